The van der Waals surface area contributed by atoms with Crippen molar-refractivity contribution >= 4 is 17.9 Å². The molecule has 0 atom stereocenters. The minimum absolute atomic E-state index is 0.806. The van der Waals surface area contributed by atoms with Crippen molar-refractivity contribution in [2.45, 2.75) is 13.3 Å². The van der Waals surface area contributed by atoms with E-state index in [4.69, 9.17) is 20.1 Å². The molecule has 0 aliphatic heterocycles. The maximum atomic E-state index is 9.43. The van der Waals surface area contributed by atoms with Gasteiger partial charge in [0, 0.05) is 21.1 Å². The summed E-state index contributed by atoms with van der Waals surface area (Å²) in [5.74, 6) is -3.46. The number of carboxylic acids is 3. The van der Waals surface area contributed by atoms with Gasteiger partial charge in [-0.05, 0) is 0 Å². The minimum atomic E-state index is -1.31. The van der Waals surface area contributed by atoms with Crippen LogP contribution >= 0.6 is 0 Å². The van der Waals surface area contributed by atoms with Gasteiger partial charge in [0.1, 0.15) is 6.42 Å². The maximum Gasteiger partial charge on any atom is 0.314 e. The van der Waals surface area contributed by atoms with Gasteiger partial charge in [0.25, 0.3) is 5.97 Å². The van der Waals surface area contributed by atoms with E-state index in [0.717, 1.165) is 6.92 Å². The molecule has 3 N–H and O–H groups in total. The van der Waals surface area contributed by atoms with E-state index in [1.165, 1.54) is 0 Å². The zero-order chi connectivity index (χ0) is 12.1. The molecule has 0 aromatic carbocycles. The van der Waals surface area contributed by atoms with Crippen molar-refractivity contribution in [2.24, 2.45) is 0 Å². The van der Waals surface area contributed by atoms with Gasteiger partial charge in [0.15, 0.2) is 0 Å². The van der Waals surface area contributed by atoms with Crippen molar-refractivity contribution in [1.82, 2.24) is 0 Å². The van der Waals surface area contributed by atoms with Gasteiger partial charge in [0.2, 0.25) is 0 Å². The molecule has 0 bridgehead atoms. The summed E-state index contributed by atoms with van der Waals surface area (Å²) in [5, 5.41) is 22.8. The summed E-state index contributed by atoms with van der Waals surface area (Å²) in [6, 6.07) is 0. The maximum absolute atomic E-state index is 9.43. The Morgan fingerprint density at radius 3 is 1.14 bits per heavy atom. The van der Waals surface area contributed by atoms with Gasteiger partial charge in [-0.15, -0.1) is 0 Å². The highest BCUT2D eigenvalue weighted by molar-refractivity contribution is 5.88. The second-order valence-corrected chi connectivity index (χ2v) is 1.89. The van der Waals surface area contributed by atoms with Crippen molar-refractivity contribution in [3.05, 3.63) is 0 Å². The Morgan fingerprint density at radius 1 is 1.00 bits per heavy atom. The Balaban J connectivity index is -0.000000147. The first-order valence-corrected chi connectivity index (χ1v) is 3.31. The molecule has 0 aromatic rings. The summed E-state index contributed by atoms with van der Waals surface area (Å²) < 4.78 is 4.25. The monoisotopic (exact) mass is 210 g/mol. The highest BCUT2D eigenvalue weighted by Gasteiger charge is 2.01. The summed E-state index contributed by atoms with van der Waals surface area (Å²) in [5.41, 5.74) is 0. The first kappa shape index (κ1) is 18.2. The number of methoxy groups -OCH3 is 1. The largest absolute Gasteiger partial charge is 0.481 e. The third-order valence-electron chi connectivity index (χ3n) is 0.302. The highest BCUT2D eigenvalue weighted by Crippen LogP contribution is 1.74. The van der Waals surface area contributed by atoms with Crippen LogP contribution in [0.3, 0.4) is 0 Å². The smallest absolute Gasteiger partial charge is 0.314 e. The van der Waals surface area contributed by atoms with Gasteiger partial charge in [-0.1, -0.05) is 0 Å². The molecule has 7 heteroatoms. The molecule has 14 heavy (non-hydrogen) atoms. The normalized spacial score (nSPS) is 7.07. The van der Waals surface area contributed by atoms with E-state index >= 15 is 0 Å². The van der Waals surface area contributed by atoms with Crippen LogP contribution in [-0.4, -0.2) is 47.4 Å². The van der Waals surface area contributed by atoms with Gasteiger partial charge >= 0.3 is 11.9 Å². The van der Waals surface area contributed by atoms with Crippen LogP contribution in [0.1, 0.15) is 13.3 Å². The van der Waals surface area contributed by atoms with E-state index in [-0.39, 0.29) is 0 Å². The second kappa shape index (κ2) is 13.9. The number of carboxylic acid groups (broad SMARTS) is 3. The lowest BCUT2D eigenvalue weighted by atomic mass is 10.5. The highest BCUT2D eigenvalue weighted by atomic mass is 16.4. The summed E-state index contributed by atoms with van der Waals surface area (Å²) >= 11 is 0. The topological polar surface area (TPSA) is 121 Å². The molecule has 0 saturated carbocycles. The fourth-order valence-electron chi connectivity index (χ4n) is 0.129. The molecule has 0 unspecified atom stereocenters. The Labute approximate surface area is 80.9 Å². The van der Waals surface area contributed by atoms with Crippen molar-refractivity contribution in [1.29, 1.82) is 0 Å². The van der Waals surface area contributed by atoms with Crippen molar-refractivity contribution in [3.8, 4) is 0 Å². The van der Waals surface area contributed by atoms with Crippen LogP contribution in [0.2, 0.25) is 0 Å². The van der Waals surface area contributed by atoms with Gasteiger partial charge in [0.05, 0.1) is 0 Å². The van der Waals surface area contributed by atoms with E-state index in [1.54, 1.807) is 14.2 Å². The van der Waals surface area contributed by atoms with E-state index in [1.807, 2.05) is 0 Å². The summed E-state index contributed by atoms with van der Waals surface area (Å²) in [4.78, 5) is 27.9. The molecule has 0 heterocycles. The summed E-state index contributed by atoms with van der Waals surface area (Å²) in [7, 11) is 3.25. The average molecular weight is 210 g/mol. The second-order valence-electron chi connectivity index (χ2n) is 1.89. The van der Waals surface area contributed by atoms with Gasteiger partial charge < -0.3 is 20.1 Å². The molecule has 0 aliphatic rings. The quantitative estimate of drug-likeness (QED) is 0.544. The lowest BCUT2D eigenvalue weighted by Crippen LogP contribution is -2.03. The minimum Gasteiger partial charge on any atom is -0.481 e. The van der Waals surface area contributed by atoms with Crippen LogP contribution in [0.4, 0.5) is 0 Å². The molecule has 7 nitrogen and oxygen atoms in total. The predicted octanol–water partition coefficient (Wildman–Crippen LogP) is -0.101. The third kappa shape index (κ3) is 162. The zero-order valence-electron chi connectivity index (χ0n) is 8.18. The fourth-order valence-corrected chi connectivity index (χ4v) is 0.129. The van der Waals surface area contributed by atoms with Crippen LogP contribution in [0.15, 0.2) is 0 Å². The Bertz CT molecular complexity index is 159. The van der Waals surface area contributed by atoms with E-state index in [0.29, 0.717) is 0 Å². The van der Waals surface area contributed by atoms with Crippen LogP contribution in [0, 0.1) is 0 Å². The average Bonchev–Trinajstić information content (AvgIpc) is 1.82. The summed E-state index contributed by atoms with van der Waals surface area (Å²) in [6.45, 7) is 1.08. The molecule has 0 amide bonds. The molecular formula is C7H14O7. The van der Waals surface area contributed by atoms with Gasteiger partial charge in [-0.3, -0.25) is 14.4 Å². The molecule has 0 spiro atoms. The lowest BCUT2D eigenvalue weighted by Gasteiger charge is -1.80. The number of hydrogen-bond donors (Lipinski definition) is 3. The number of ether oxygens (including phenoxy) is 1. The Kier molecular flexibility index (Phi) is 18.1. The van der Waals surface area contributed by atoms with Crippen LogP contribution in [0.5, 0.6) is 0 Å². The van der Waals surface area contributed by atoms with Gasteiger partial charge in [-0.25, -0.2) is 0 Å². The molecule has 84 valence electrons. The summed E-state index contributed by atoms with van der Waals surface area (Å²) in [6.07, 6.45) is -0.806. The molecule has 0 saturated heterocycles. The predicted molar refractivity (Wildman–Crippen MR) is 46.1 cm³/mol. The van der Waals surface area contributed by atoms with Crippen LogP contribution in [-0.2, 0) is 19.1 Å². The van der Waals surface area contributed by atoms with Crippen LogP contribution < -0.4 is 0 Å². The van der Waals surface area contributed by atoms with Crippen molar-refractivity contribution in [2.75, 3.05) is 14.2 Å². The number of rotatable bonds is 2. The number of hydrogen-bond acceptors (Lipinski definition) is 4. The lowest BCUT2D eigenvalue weighted by molar-refractivity contribution is -0.147. The molecule has 0 radical (unpaired) electrons. The Hall–Kier alpha value is -1.63. The number of aliphatic carboxylic acids is 3. The zero-order valence-corrected chi connectivity index (χ0v) is 8.18. The number of carbonyl (C=O) groups is 3. The fraction of sp³-hybridized carbons (Fsp3) is 0.571. The SMILES string of the molecule is CC(=O)O.COC.O=C(O)CC(=O)O. The molecule has 0 aliphatic carbocycles. The Morgan fingerprint density at radius 2 is 1.14 bits per heavy atom. The van der Waals surface area contributed by atoms with E-state index in [2.05, 4.69) is 4.74 Å². The first-order chi connectivity index (χ1) is 6.27. The van der Waals surface area contributed by atoms with Crippen LogP contribution in [0.25, 0.3) is 0 Å². The molecule has 0 rings (SSSR count). The van der Waals surface area contributed by atoms with E-state index < -0.39 is 24.3 Å². The molecule has 0 aromatic heterocycles. The van der Waals surface area contributed by atoms with Crippen molar-refractivity contribution < 1.29 is 34.4 Å². The van der Waals surface area contributed by atoms with Gasteiger partial charge in [-0.2, -0.15) is 0 Å². The molecule has 0 fully saturated rings. The molecular weight excluding hydrogens is 196 g/mol. The van der Waals surface area contributed by atoms with Crippen molar-refractivity contribution in [3.63, 3.8) is 0 Å². The van der Waals surface area contributed by atoms with E-state index in [9.17, 15) is 9.59 Å². The standard InChI is InChI=1S/C3H4O4.C2H4O2.C2H6O/c4-2(5)1-3(6)7;1-2(3)4;1-3-2/h1H2,(H,4,5)(H,6,7);1H3,(H,3,4);1-2H3. The third-order valence-corrected chi connectivity index (χ3v) is 0.302. The first-order valence-electron chi connectivity index (χ1n) is 3.31.